The number of nitrogens with zero attached hydrogens (tertiary/aromatic N) is 1. The first-order valence-corrected chi connectivity index (χ1v) is 10.3. The lowest BCUT2D eigenvalue weighted by Crippen LogP contribution is -2.52. The van der Waals surface area contributed by atoms with Crippen molar-refractivity contribution in [2.24, 2.45) is 0 Å². The maximum atomic E-state index is 13.6. The SMILES string of the molecule is CN(C)C1(Cc2cccc(F)c2)CCC(NC(=O)COc2ccc(Cl)cc2)CC1. The van der Waals surface area contributed by atoms with Crippen LogP contribution in [0.3, 0.4) is 0 Å². The molecule has 0 spiro atoms. The maximum absolute atomic E-state index is 13.6. The Hall–Kier alpha value is -2.11. The van der Waals surface area contributed by atoms with Crippen LogP contribution in [0.2, 0.25) is 5.02 Å². The molecule has 1 saturated carbocycles. The Kier molecular flexibility index (Phi) is 7.14. The highest BCUT2D eigenvalue weighted by Crippen LogP contribution is 2.35. The van der Waals surface area contributed by atoms with Crippen LogP contribution < -0.4 is 10.1 Å². The molecule has 4 nitrogen and oxygen atoms in total. The molecule has 0 unspecified atom stereocenters. The number of rotatable bonds is 7. The fourth-order valence-corrected chi connectivity index (χ4v) is 4.18. The summed E-state index contributed by atoms with van der Waals surface area (Å²) >= 11 is 5.85. The van der Waals surface area contributed by atoms with E-state index in [2.05, 4.69) is 24.3 Å². The standard InChI is InChI=1S/C23H28ClFN2O2/c1-27(2)23(15-17-4-3-5-19(25)14-17)12-10-20(11-13-23)26-22(28)16-29-21-8-6-18(24)7-9-21/h3-9,14,20H,10-13,15-16H2,1-2H3,(H,26,28). The van der Waals surface area contributed by atoms with Crippen molar-refractivity contribution in [1.29, 1.82) is 0 Å². The molecule has 0 heterocycles. The van der Waals surface area contributed by atoms with Crippen molar-refractivity contribution in [2.75, 3.05) is 20.7 Å². The summed E-state index contributed by atoms with van der Waals surface area (Å²) in [7, 11) is 4.16. The maximum Gasteiger partial charge on any atom is 0.258 e. The molecular formula is C23H28ClFN2O2. The summed E-state index contributed by atoms with van der Waals surface area (Å²) < 4.78 is 19.1. The van der Waals surface area contributed by atoms with E-state index in [1.54, 1.807) is 36.4 Å². The first-order chi connectivity index (χ1) is 13.9. The summed E-state index contributed by atoms with van der Waals surface area (Å²) in [5.74, 6) is 0.306. The van der Waals surface area contributed by atoms with Gasteiger partial charge >= 0.3 is 0 Å². The average molecular weight is 419 g/mol. The van der Waals surface area contributed by atoms with Gasteiger partial charge in [-0.2, -0.15) is 0 Å². The fraction of sp³-hybridized carbons (Fsp3) is 0.435. The second kappa shape index (κ2) is 9.59. The van der Waals surface area contributed by atoms with Crippen molar-refractivity contribution < 1.29 is 13.9 Å². The molecular weight excluding hydrogens is 391 g/mol. The Labute approximate surface area is 177 Å². The average Bonchev–Trinajstić information content (AvgIpc) is 2.69. The number of nitrogens with one attached hydrogen (secondary N) is 1. The molecule has 1 aliphatic carbocycles. The van der Waals surface area contributed by atoms with E-state index in [1.165, 1.54) is 6.07 Å². The summed E-state index contributed by atoms with van der Waals surface area (Å²) in [5, 5.41) is 3.71. The first kappa shape index (κ1) is 21.6. The molecule has 2 aromatic rings. The summed E-state index contributed by atoms with van der Waals surface area (Å²) in [4.78, 5) is 14.5. The molecule has 1 N–H and O–H groups in total. The van der Waals surface area contributed by atoms with E-state index in [0.29, 0.717) is 10.8 Å². The van der Waals surface area contributed by atoms with E-state index in [1.807, 2.05) is 6.07 Å². The van der Waals surface area contributed by atoms with Crippen LogP contribution in [0.15, 0.2) is 48.5 Å². The number of carbonyl (C=O) groups excluding carboxylic acids is 1. The monoisotopic (exact) mass is 418 g/mol. The van der Waals surface area contributed by atoms with Crippen LogP contribution in [0.25, 0.3) is 0 Å². The van der Waals surface area contributed by atoms with Crippen LogP contribution in [0.1, 0.15) is 31.2 Å². The molecule has 0 aromatic heterocycles. The molecule has 3 rings (SSSR count). The number of amides is 1. The van der Waals surface area contributed by atoms with E-state index in [-0.39, 0.29) is 29.9 Å². The van der Waals surface area contributed by atoms with Gasteiger partial charge in [0.2, 0.25) is 0 Å². The highest BCUT2D eigenvalue weighted by Gasteiger charge is 2.37. The third kappa shape index (κ3) is 5.94. The van der Waals surface area contributed by atoms with Crippen LogP contribution in [0.4, 0.5) is 4.39 Å². The predicted molar refractivity (Wildman–Crippen MR) is 114 cm³/mol. The molecule has 6 heteroatoms. The molecule has 2 aromatic carbocycles. The van der Waals surface area contributed by atoms with Crippen molar-refractivity contribution >= 4 is 17.5 Å². The number of hydrogen-bond donors (Lipinski definition) is 1. The zero-order chi connectivity index (χ0) is 20.9. The summed E-state index contributed by atoms with van der Waals surface area (Å²) in [6.45, 7) is -0.0136. The Morgan fingerprint density at radius 3 is 2.52 bits per heavy atom. The number of halogens is 2. The summed E-state index contributed by atoms with van der Waals surface area (Å²) in [5.41, 5.74) is 0.993. The molecule has 1 fully saturated rings. The zero-order valence-corrected chi connectivity index (χ0v) is 17.7. The van der Waals surface area contributed by atoms with Gasteiger partial charge in [-0.05, 0) is 88.2 Å². The van der Waals surface area contributed by atoms with Gasteiger partial charge in [0.1, 0.15) is 11.6 Å². The number of likely N-dealkylation sites (N-methyl/N-ethyl adjacent to an activating group) is 1. The normalized spacial score (nSPS) is 21.8. The highest BCUT2D eigenvalue weighted by atomic mass is 35.5. The van der Waals surface area contributed by atoms with E-state index in [0.717, 1.165) is 37.7 Å². The second-order valence-corrected chi connectivity index (χ2v) is 8.45. The smallest absolute Gasteiger partial charge is 0.258 e. The first-order valence-electron chi connectivity index (χ1n) is 9.96. The molecule has 1 amide bonds. The molecule has 29 heavy (non-hydrogen) atoms. The van der Waals surface area contributed by atoms with Crippen molar-refractivity contribution in [3.8, 4) is 5.75 Å². The fourth-order valence-electron chi connectivity index (χ4n) is 4.06. The lowest BCUT2D eigenvalue weighted by atomic mass is 9.75. The minimum absolute atomic E-state index is 0.0136. The zero-order valence-electron chi connectivity index (χ0n) is 17.0. The lowest BCUT2D eigenvalue weighted by Gasteiger charge is -2.45. The van der Waals surface area contributed by atoms with Crippen LogP contribution in [-0.2, 0) is 11.2 Å². The topological polar surface area (TPSA) is 41.6 Å². The summed E-state index contributed by atoms with van der Waals surface area (Å²) in [6.07, 6.45) is 4.47. The third-order valence-corrected chi connectivity index (χ3v) is 6.09. The van der Waals surface area contributed by atoms with E-state index in [9.17, 15) is 9.18 Å². The molecule has 0 saturated heterocycles. The van der Waals surface area contributed by atoms with E-state index >= 15 is 0 Å². The molecule has 1 aliphatic rings. The van der Waals surface area contributed by atoms with Gasteiger partial charge in [-0.1, -0.05) is 23.7 Å². The van der Waals surface area contributed by atoms with E-state index < -0.39 is 0 Å². The van der Waals surface area contributed by atoms with Crippen LogP contribution in [0, 0.1) is 5.82 Å². The van der Waals surface area contributed by atoms with Gasteiger partial charge in [-0.3, -0.25) is 4.79 Å². The van der Waals surface area contributed by atoms with Crippen LogP contribution in [-0.4, -0.2) is 43.1 Å². The molecule has 0 bridgehead atoms. The van der Waals surface area contributed by atoms with Crippen molar-refractivity contribution in [3.05, 3.63) is 64.9 Å². The lowest BCUT2D eigenvalue weighted by molar-refractivity contribution is -0.124. The Balaban J connectivity index is 1.51. The minimum Gasteiger partial charge on any atom is -0.484 e. The molecule has 156 valence electrons. The Bertz CT molecular complexity index is 818. The van der Waals surface area contributed by atoms with Gasteiger partial charge < -0.3 is 15.0 Å². The van der Waals surface area contributed by atoms with Gasteiger partial charge in [0, 0.05) is 16.6 Å². The number of hydrogen-bond acceptors (Lipinski definition) is 3. The van der Waals surface area contributed by atoms with Crippen molar-refractivity contribution in [1.82, 2.24) is 10.2 Å². The van der Waals surface area contributed by atoms with Gasteiger partial charge in [0.05, 0.1) is 0 Å². The van der Waals surface area contributed by atoms with E-state index in [4.69, 9.17) is 16.3 Å². The third-order valence-electron chi connectivity index (χ3n) is 5.84. The number of ether oxygens (including phenoxy) is 1. The van der Waals surface area contributed by atoms with Gasteiger partial charge in [0.15, 0.2) is 6.61 Å². The molecule has 0 radical (unpaired) electrons. The minimum atomic E-state index is -0.196. The molecule has 0 aliphatic heterocycles. The van der Waals surface area contributed by atoms with Crippen molar-refractivity contribution in [3.63, 3.8) is 0 Å². The number of benzene rings is 2. The van der Waals surface area contributed by atoms with Gasteiger partial charge in [0.25, 0.3) is 5.91 Å². The van der Waals surface area contributed by atoms with Gasteiger partial charge in [-0.25, -0.2) is 4.39 Å². The van der Waals surface area contributed by atoms with Crippen LogP contribution >= 0.6 is 11.6 Å². The Morgan fingerprint density at radius 1 is 1.21 bits per heavy atom. The molecule has 0 atom stereocenters. The van der Waals surface area contributed by atoms with Crippen LogP contribution in [0.5, 0.6) is 5.75 Å². The quantitative estimate of drug-likeness (QED) is 0.721. The van der Waals surface area contributed by atoms with Gasteiger partial charge in [-0.15, -0.1) is 0 Å². The van der Waals surface area contributed by atoms with Crippen molar-refractivity contribution in [2.45, 2.75) is 43.7 Å². The predicted octanol–water partition coefficient (Wildman–Crippen LogP) is 4.46. The number of carbonyl (C=O) groups is 1. The Morgan fingerprint density at radius 2 is 1.90 bits per heavy atom. The largest absolute Gasteiger partial charge is 0.484 e. The summed E-state index contributed by atoms with van der Waals surface area (Å²) in [6, 6.07) is 13.9. The highest BCUT2D eigenvalue weighted by molar-refractivity contribution is 6.30. The second-order valence-electron chi connectivity index (χ2n) is 8.01.